The number of halogens is 3. The van der Waals surface area contributed by atoms with E-state index in [1.165, 1.54) is 18.3 Å². The fourth-order valence-corrected chi connectivity index (χ4v) is 5.81. The lowest BCUT2D eigenvalue weighted by Crippen LogP contribution is -2.16. The van der Waals surface area contributed by atoms with E-state index in [9.17, 15) is 18.4 Å². The zero-order chi connectivity index (χ0) is 27.0. The fraction of sp³-hybridized carbons (Fsp3) is 0.200. The maximum atomic E-state index is 14.0. The number of thiophene rings is 1. The van der Waals surface area contributed by atoms with E-state index in [1.54, 1.807) is 13.0 Å². The van der Waals surface area contributed by atoms with Gasteiger partial charge in [0, 0.05) is 5.56 Å². The molecule has 1 aliphatic carbocycles. The largest absolute Gasteiger partial charge is 0.441 e. The lowest BCUT2D eigenvalue weighted by Gasteiger charge is -2.15. The van der Waals surface area contributed by atoms with Crippen molar-refractivity contribution in [3.05, 3.63) is 99.9 Å². The minimum Gasteiger partial charge on any atom is -0.441 e. The van der Waals surface area contributed by atoms with Gasteiger partial charge in [0.25, 0.3) is 0 Å². The van der Waals surface area contributed by atoms with Gasteiger partial charge in [0.1, 0.15) is 23.5 Å². The highest BCUT2D eigenvalue weighted by Gasteiger charge is 2.48. The topological polar surface area (TPSA) is 55.4 Å². The van der Waals surface area contributed by atoms with Gasteiger partial charge in [0.15, 0.2) is 0 Å². The first kappa shape index (κ1) is 26.1. The summed E-state index contributed by atoms with van der Waals surface area (Å²) in [5.41, 5.74) is 4.05. The Labute approximate surface area is 228 Å². The first-order valence-corrected chi connectivity index (χ1v) is 13.3. The summed E-state index contributed by atoms with van der Waals surface area (Å²) in [6, 6.07) is 20.6. The predicted molar refractivity (Wildman–Crippen MR) is 147 cm³/mol. The van der Waals surface area contributed by atoms with E-state index in [4.69, 9.17) is 16.3 Å². The van der Waals surface area contributed by atoms with Gasteiger partial charge in [-0.15, -0.1) is 11.3 Å². The molecule has 1 amide bonds. The van der Waals surface area contributed by atoms with Gasteiger partial charge in [-0.3, -0.25) is 10.1 Å². The van der Waals surface area contributed by atoms with Crippen LogP contribution in [-0.4, -0.2) is 11.9 Å². The molecule has 4 nitrogen and oxygen atoms in total. The maximum Gasteiger partial charge on any atom is 0.412 e. The molecule has 1 aromatic heterocycles. The molecule has 0 unspecified atom stereocenters. The van der Waals surface area contributed by atoms with Gasteiger partial charge >= 0.3 is 6.09 Å². The van der Waals surface area contributed by atoms with E-state index in [2.05, 4.69) is 5.32 Å². The van der Waals surface area contributed by atoms with Gasteiger partial charge in [-0.25, -0.2) is 13.6 Å². The van der Waals surface area contributed by atoms with E-state index in [0.29, 0.717) is 10.0 Å². The molecule has 1 N–H and O–H groups in total. The van der Waals surface area contributed by atoms with Crippen LogP contribution in [0.4, 0.5) is 19.3 Å². The van der Waals surface area contributed by atoms with Crippen LogP contribution in [0.1, 0.15) is 43.9 Å². The van der Waals surface area contributed by atoms with Gasteiger partial charge in [-0.05, 0) is 73.2 Å². The van der Waals surface area contributed by atoms with Crippen LogP contribution in [0, 0.1) is 11.6 Å². The highest BCUT2D eigenvalue weighted by molar-refractivity contribution is 7.20. The molecule has 1 aliphatic rings. The number of nitrogens with one attached hydrogen (secondary N) is 1. The zero-order valence-electron chi connectivity index (χ0n) is 20.7. The Bertz CT molecular complexity index is 1510. The van der Waals surface area contributed by atoms with Crippen molar-refractivity contribution in [2.24, 2.45) is 0 Å². The Morgan fingerprint density at radius 1 is 0.947 bits per heavy atom. The molecule has 0 saturated heterocycles. The highest BCUT2D eigenvalue weighted by Crippen LogP contribution is 2.49. The maximum absolute atomic E-state index is 14.0. The second-order valence-corrected chi connectivity index (χ2v) is 11.1. The Morgan fingerprint density at radius 3 is 2.16 bits per heavy atom. The summed E-state index contributed by atoms with van der Waals surface area (Å²) in [4.78, 5) is 25.3. The summed E-state index contributed by atoms with van der Waals surface area (Å²) in [7, 11) is 0. The van der Waals surface area contributed by atoms with Crippen molar-refractivity contribution in [2.45, 2.75) is 38.2 Å². The molecule has 1 heterocycles. The summed E-state index contributed by atoms with van der Waals surface area (Å²) in [5, 5.41) is 2.67. The fourth-order valence-electron chi connectivity index (χ4n) is 4.62. The molecule has 5 rings (SSSR count). The minimum atomic E-state index is -1.00. The lowest BCUT2D eigenvalue weighted by atomic mass is 9.90. The number of benzene rings is 3. The van der Waals surface area contributed by atoms with Crippen LogP contribution in [0.5, 0.6) is 0 Å². The van der Waals surface area contributed by atoms with Crippen LogP contribution in [-0.2, 0) is 14.9 Å². The number of carbonyl (C=O) groups is 2. The van der Waals surface area contributed by atoms with Crippen molar-refractivity contribution >= 4 is 40.5 Å². The van der Waals surface area contributed by atoms with Crippen LogP contribution in [0.15, 0.2) is 72.8 Å². The number of anilines is 1. The molecule has 3 aromatic carbocycles. The number of hydrogen-bond acceptors (Lipinski definition) is 4. The molecular weight excluding hydrogens is 528 g/mol. The molecule has 0 aliphatic heterocycles. The van der Waals surface area contributed by atoms with E-state index in [1.807, 2.05) is 48.5 Å². The van der Waals surface area contributed by atoms with Crippen LogP contribution < -0.4 is 5.32 Å². The monoisotopic (exact) mass is 551 g/mol. The van der Waals surface area contributed by atoms with Gasteiger partial charge < -0.3 is 4.74 Å². The van der Waals surface area contributed by atoms with Crippen molar-refractivity contribution in [1.82, 2.24) is 0 Å². The smallest absolute Gasteiger partial charge is 0.412 e. The average Bonchev–Trinajstić information content (AvgIpc) is 3.64. The van der Waals surface area contributed by atoms with E-state index in [-0.39, 0.29) is 16.8 Å². The standard InChI is InChI=1S/C30H24ClF2NO3S/c1-17(24-15-23(32)11-12-25(24)33)37-29(36)34-26-16-27(31)38-28(26)21-5-3-19(4-6-21)20-7-9-22(10-8-20)30(13-14-30)18(2)35/h3-12,15-17H,13-14H2,1-2H3,(H,34,36)/t17-/m1/s1. The number of carbonyl (C=O) groups excluding carboxylic acids is 2. The molecule has 0 bridgehead atoms. The number of ether oxygens (including phenoxy) is 1. The SMILES string of the molecule is CC(=O)C1(c2ccc(-c3ccc(-c4sc(Cl)cc4NC(=O)O[C@H](C)c4cc(F)ccc4F)cc3)cc2)CC1. The van der Waals surface area contributed by atoms with Gasteiger partial charge in [-0.1, -0.05) is 60.1 Å². The number of Topliss-reactive ketones (excluding diaryl/α,β-unsaturated/α-hetero) is 1. The molecule has 8 heteroatoms. The average molecular weight is 552 g/mol. The molecule has 1 saturated carbocycles. The van der Waals surface area contributed by atoms with E-state index in [0.717, 1.165) is 58.2 Å². The quantitative estimate of drug-likeness (QED) is 0.249. The molecule has 4 aromatic rings. The Hall–Kier alpha value is -3.55. The molecular formula is C30H24ClF2NO3S. The summed E-state index contributed by atoms with van der Waals surface area (Å²) in [5.74, 6) is -1.06. The Morgan fingerprint density at radius 2 is 1.55 bits per heavy atom. The van der Waals surface area contributed by atoms with E-state index < -0.39 is 23.8 Å². The third kappa shape index (κ3) is 5.22. The molecule has 1 atom stereocenters. The van der Waals surface area contributed by atoms with Crippen LogP contribution in [0.2, 0.25) is 4.34 Å². The normalized spacial score (nSPS) is 14.6. The summed E-state index contributed by atoms with van der Waals surface area (Å²) in [6.45, 7) is 3.12. The Kier molecular flexibility index (Phi) is 7.07. The van der Waals surface area contributed by atoms with Crippen molar-refractivity contribution < 1.29 is 23.1 Å². The lowest BCUT2D eigenvalue weighted by molar-refractivity contribution is -0.119. The molecule has 38 heavy (non-hydrogen) atoms. The van der Waals surface area contributed by atoms with Gasteiger partial charge in [0.2, 0.25) is 0 Å². The number of amides is 1. The molecule has 0 radical (unpaired) electrons. The molecule has 0 spiro atoms. The third-order valence-corrected chi connectivity index (χ3v) is 8.27. The van der Waals surface area contributed by atoms with Crippen molar-refractivity contribution in [3.63, 3.8) is 0 Å². The number of ketones is 1. The first-order chi connectivity index (χ1) is 18.2. The van der Waals surface area contributed by atoms with Gasteiger partial charge in [0.05, 0.1) is 20.3 Å². The zero-order valence-corrected chi connectivity index (χ0v) is 22.3. The Balaban J connectivity index is 1.30. The predicted octanol–water partition coefficient (Wildman–Crippen LogP) is 8.94. The number of rotatable bonds is 7. The van der Waals surface area contributed by atoms with Crippen LogP contribution >= 0.6 is 22.9 Å². The van der Waals surface area contributed by atoms with Crippen molar-refractivity contribution in [1.29, 1.82) is 0 Å². The summed E-state index contributed by atoms with van der Waals surface area (Å²) < 4.78 is 33.3. The first-order valence-electron chi connectivity index (χ1n) is 12.1. The molecule has 1 fully saturated rings. The highest BCUT2D eigenvalue weighted by atomic mass is 35.5. The molecule has 194 valence electrons. The van der Waals surface area contributed by atoms with Crippen LogP contribution in [0.25, 0.3) is 21.6 Å². The van der Waals surface area contributed by atoms with Crippen LogP contribution in [0.3, 0.4) is 0 Å². The second-order valence-electron chi connectivity index (χ2n) is 9.42. The summed E-state index contributed by atoms with van der Waals surface area (Å²) >= 11 is 7.55. The van der Waals surface area contributed by atoms with Gasteiger partial charge in [-0.2, -0.15) is 0 Å². The number of hydrogen-bond donors (Lipinski definition) is 1. The second kappa shape index (κ2) is 10.3. The minimum absolute atomic E-state index is 0.0547. The van der Waals surface area contributed by atoms with Crippen molar-refractivity contribution in [2.75, 3.05) is 5.32 Å². The van der Waals surface area contributed by atoms with E-state index >= 15 is 0 Å². The van der Waals surface area contributed by atoms with Crippen molar-refractivity contribution in [3.8, 4) is 21.6 Å². The third-order valence-electron chi connectivity index (χ3n) is 6.96. The summed E-state index contributed by atoms with van der Waals surface area (Å²) in [6.07, 6.45) is 0.000832.